The van der Waals surface area contributed by atoms with E-state index in [9.17, 15) is 18.5 Å². The van der Waals surface area contributed by atoms with Crippen LogP contribution in [-0.4, -0.2) is 38.4 Å². The number of nitro groups is 1. The van der Waals surface area contributed by atoms with E-state index in [4.69, 9.17) is 0 Å². The number of nitrogens with zero attached hydrogens (tertiary/aromatic N) is 1. The van der Waals surface area contributed by atoms with Crippen LogP contribution in [0.3, 0.4) is 0 Å². The molecular formula is C10H17N3O4S3. The van der Waals surface area contributed by atoms with Crippen molar-refractivity contribution in [2.75, 3.05) is 30.4 Å². The third-order valence-corrected chi connectivity index (χ3v) is 6.02. The van der Waals surface area contributed by atoms with Crippen molar-refractivity contribution in [3.8, 4) is 0 Å². The molecular weight excluding hydrogens is 322 g/mol. The highest BCUT2D eigenvalue weighted by Gasteiger charge is 2.25. The Hall–Kier alpha value is -0.840. The van der Waals surface area contributed by atoms with Gasteiger partial charge in [-0.25, -0.2) is 13.1 Å². The average molecular weight is 339 g/mol. The Labute approximate surface area is 126 Å². The summed E-state index contributed by atoms with van der Waals surface area (Å²) in [4.78, 5) is 10.3. The molecule has 0 aromatic carbocycles. The van der Waals surface area contributed by atoms with Crippen LogP contribution in [0.4, 0.5) is 10.7 Å². The largest absolute Gasteiger partial charge is 0.372 e. The van der Waals surface area contributed by atoms with Crippen LogP contribution in [0.15, 0.2) is 10.3 Å². The van der Waals surface area contributed by atoms with E-state index in [1.165, 1.54) is 0 Å². The molecule has 0 atom stereocenters. The molecule has 1 aromatic heterocycles. The van der Waals surface area contributed by atoms with Crippen molar-refractivity contribution in [2.24, 2.45) is 0 Å². The number of rotatable bonds is 9. The second-order valence-corrected chi connectivity index (χ2v) is 7.84. The van der Waals surface area contributed by atoms with Gasteiger partial charge in [0.15, 0.2) is 5.00 Å². The minimum atomic E-state index is -3.68. The molecule has 1 rings (SSSR count). The highest BCUT2D eigenvalue weighted by atomic mass is 32.2. The lowest BCUT2D eigenvalue weighted by Gasteiger charge is -2.03. The molecule has 0 aliphatic heterocycles. The van der Waals surface area contributed by atoms with Crippen LogP contribution in [0, 0.1) is 10.1 Å². The molecule has 0 unspecified atom stereocenters. The molecule has 1 aromatic rings. The molecule has 0 saturated heterocycles. The minimum Gasteiger partial charge on any atom is -0.372 e. The summed E-state index contributed by atoms with van der Waals surface area (Å²) in [5.74, 6) is 0.857. The minimum absolute atomic E-state index is 0.0377. The van der Waals surface area contributed by atoms with Crippen molar-refractivity contribution in [1.82, 2.24) is 4.72 Å². The quantitative estimate of drug-likeness (QED) is 0.406. The van der Waals surface area contributed by atoms with Gasteiger partial charge in [-0.05, 0) is 25.4 Å². The van der Waals surface area contributed by atoms with Crippen LogP contribution < -0.4 is 10.0 Å². The molecule has 10 heteroatoms. The van der Waals surface area contributed by atoms with Crippen molar-refractivity contribution in [3.63, 3.8) is 0 Å². The average Bonchev–Trinajstić information content (AvgIpc) is 2.80. The SMILES string of the molecule is CCNc1sc(S(=O)(=O)NCCCSC)cc1[N+](=O)[O-]. The zero-order valence-corrected chi connectivity index (χ0v) is 13.7. The number of anilines is 1. The molecule has 0 saturated carbocycles. The number of thiophene rings is 1. The van der Waals surface area contributed by atoms with Crippen molar-refractivity contribution in [2.45, 2.75) is 17.6 Å². The Bertz CT molecular complexity index is 556. The first-order chi connectivity index (χ1) is 9.42. The first kappa shape index (κ1) is 17.2. The van der Waals surface area contributed by atoms with Gasteiger partial charge >= 0.3 is 5.69 Å². The fraction of sp³-hybridized carbons (Fsp3) is 0.600. The molecule has 114 valence electrons. The lowest BCUT2D eigenvalue weighted by atomic mass is 10.5. The monoisotopic (exact) mass is 339 g/mol. The highest BCUT2D eigenvalue weighted by Crippen LogP contribution is 2.36. The summed E-state index contributed by atoms with van der Waals surface area (Å²) in [7, 11) is -3.68. The van der Waals surface area contributed by atoms with Crippen LogP contribution >= 0.6 is 23.1 Å². The second kappa shape index (κ2) is 7.81. The van der Waals surface area contributed by atoms with Gasteiger partial charge in [-0.3, -0.25) is 10.1 Å². The Morgan fingerprint density at radius 1 is 1.50 bits per heavy atom. The molecule has 1 heterocycles. The van der Waals surface area contributed by atoms with Crippen LogP contribution in [0.5, 0.6) is 0 Å². The standard InChI is InChI=1S/C10H17N3O4S3/c1-3-11-10-8(13(14)15)7-9(19-10)20(16,17)12-5-4-6-18-2/h7,11-12H,3-6H2,1-2H3. The first-order valence-corrected chi connectivity index (χ1v) is 9.62. The normalized spacial score (nSPS) is 11.5. The number of nitrogens with one attached hydrogen (secondary N) is 2. The number of sulfonamides is 1. The topological polar surface area (TPSA) is 101 Å². The summed E-state index contributed by atoms with van der Waals surface area (Å²) in [6, 6.07) is 1.10. The third-order valence-electron chi connectivity index (χ3n) is 2.31. The molecule has 0 amide bonds. The van der Waals surface area contributed by atoms with E-state index >= 15 is 0 Å². The maximum Gasteiger partial charge on any atom is 0.304 e. The number of hydrogen-bond acceptors (Lipinski definition) is 7. The molecule has 0 bridgehead atoms. The third kappa shape index (κ3) is 4.62. The van der Waals surface area contributed by atoms with Gasteiger partial charge in [0.05, 0.1) is 4.92 Å². The molecule has 0 radical (unpaired) electrons. The van der Waals surface area contributed by atoms with Crippen LogP contribution in [0.2, 0.25) is 0 Å². The summed E-state index contributed by atoms with van der Waals surface area (Å²) in [5.41, 5.74) is -0.207. The summed E-state index contributed by atoms with van der Waals surface area (Å²) >= 11 is 2.51. The number of thioether (sulfide) groups is 1. The highest BCUT2D eigenvalue weighted by molar-refractivity contribution is 7.98. The smallest absolute Gasteiger partial charge is 0.304 e. The van der Waals surface area contributed by atoms with Gasteiger partial charge in [-0.15, -0.1) is 0 Å². The zero-order valence-electron chi connectivity index (χ0n) is 11.2. The maximum atomic E-state index is 12.0. The predicted octanol–water partition coefficient (Wildman–Crippen LogP) is 2.12. The van der Waals surface area contributed by atoms with Crippen molar-refractivity contribution in [3.05, 3.63) is 16.2 Å². The number of hydrogen-bond donors (Lipinski definition) is 2. The fourth-order valence-corrected chi connectivity index (χ4v) is 4.36. The molecule has 0 spiro atoms. The Morgan fingerprint density at radius 2 is 2.20 bits per heavy atom. The van der Waals surface area contributed by atoms with Gasteiger partial charge < -0.3 is 5.32 Å². The van der Waals surface area contributed by atoms with E-state index in [1.807, 2.05) is 6.26 Å². The van der Waals surface area contributed by atoms with Gasteiger partial charge in [0.1, 0.15) is 4.21 Å². The van der Waals surface area contributed by atoms with E-state index in [-0.39, 0.29) is 14.9 Å². The summed E-state index contributed by atoms with van der Waals surface area (Å²) in [6.07, 6.45) is 2.66. The molecule has 0 aliphatic rings. The summed E-state index contributed by atoms with van der Waals surface area (Å²) in [6.45, 7) is 2.60. The van der Waals surface area contributed by atoms with Gasteiger partial charge in [0.25, 0.3) is 0 Å². The van der Waals surface area contributed by atoms with Gasteiger partial charge in [-0.2, -0.15) is 11.8 Å². The fourth-order valence-electron chi connectivity index (χ4n) is 1.41. The molecule has 0 fully saturated rings. The first-order valence-electron chi connectivity index (χ1n) is 5.93. The Balaban J connectivity index is 2.89. The van der Waals surface area contributed by atoms with E-state index < -0.39 is 14.9 Å². The van der Waals surface area contributed by atoms with Crippen molar-refractivity contribution < 1.29 is 13.3 Å². The predicted molar refractivity (Wildman–Crippen MR) is 83.3 cm³/mol. The molecule has 7 nitrogen and oxygen atoms in total. The van der Waals surface area contributed by atoms with E-state index in [0.717, 1.165) is 23.2 Å². The zero-order chi connectivity index (χ0) is 15.2. The molecule has 2 N–H and O–H groups in total. The Morgan fingerprint density at radius 3 is 2.75 bits per heavy atom. The van der Waals surface area contributed by atoms with E-state index in [1.54, 1.807) is 18.7 Å². The van der Waals surface area contributed by atoms with Crippen molar-refractivity contribution in [1.29, 1.82) is 0 Å². The van der Waals surface area contributed by atoms with Crippen LogP contribution in [-0.2, 0) is 10.0 Å². The van der Waals surface area contributed by atoms with Gasteiger partial charge in [0, 0.05) is 19.2 Å². The van der Waals surface area contributed by atoms with Crippen molar-refractivity contribution >= 4 is 43.8 Å². The van der Waals surface area contributed by atoms with Gasteiger partial charge in [-0.1, -0.05) is 11.3 Å². The van der Waals surface area contributed by atoms with Crippen LogP contribution in [0.25, 0.3) is 0 Å². The maximum absolute atomic E-state index is 12.0. The lowest BCUT2D eigenvalue weighted by Crippen LogP contribution is -2.24. The molecule has 20 heavy (non-hydrogen) atoms. The van der Waals surface area contributed by atoms with E-state index in [2.05, 4.69) is 10.0 Å². The van der Waals surface area contributed by atoms with Crippen LogP contribution in [0.1, 0.15) is 13.3 Å². The second-order valence-electron chi connectivity index (χ2n) is 3.81. The van der Waals surface area contributed by atoms with Gasteiger partial charge in [0.2, 0.25) is 10.0 Å². The molecule has 0 aliphatic carbocycles. The summed E-state index contributed by atoms with van der Waals surface area (Å²) in [5, 5.41) is 14.0. The van der Waals surface area contributed by atoms with E-state index in [0.29, 0.717) is 19.5 Å². The lowest BCUT2D eigenvalue weighted by molar-refractivity contribution is -0.383. The summed E-state index contributed by atoms with van der Waals surface area (Å²) < 4.78 is 26.5. The Kier molecular flexibility index (Phi) is 6.72.